The number of aromatic nitrogens is 4. The zero-order valence-electron chi connectivity index (χ0n) is 19.0. The second-order valence-corrected chi connectivity index (χ2v) is 10.1. The van der Waals surface area contributed by atoms with E-state index in [9.17, 15) is 9.59 Å². The molecule has 3 heterocycles. The van der Waals surface area contributed by atoms with Crippen LogP contribution in [0.5, 0.6) is 0 Å². The first-order valence-corrected chi connectivity index (χ1v) is 12.6. The van der Waals surface area contributed by atoms with Gasteiger partial charge in [-0.2, -0.15) is 0 Å². The molecular weight excluding hydrogens is 438 g/mol. The number of amides is 1. The van der Waals surface area contributed by atoms with Crippen molar-refractivity contribution >= 4 is 34.5 Å². The lowest BCUT2D eigenvalue weighted by Gasteiger charge is -2.32. The van der Waals surface area contributed by atoms with Crippen LogP contribution in [-0.4, -0.2) is 61.5 Å². The molecule has 8 nitrogen and oxygen atoms in total. The molecule has 1 aliphatic carbocycles. The molecule has 3 aromatic rings. The molecule has 1 N–H and O–H groups in total. The molecule has 5 rings (SSSR count). The lowest BCUT2D eigenvalue weighted by Crippen LogP contribution is -2.43. The number of thioether (sulfide) groups is 1. The number of fused-ring (bicyclic) bond motifs is 1. The number of nitrogens with zero attached hydrogens (tertiary/aromatic N) is 4. The Labute approximate surface area is 197 Å². The molecule has 1 aliphatic heterocycles. The highest BCUT2D eigenvalue weighted by molar-refractivity contribution is 8.00. The Kier molecular flexibility index (Phi) is 6.14. The van der Waals surface area contributed by atoms with Gasteiger partial charge in [0.2, 0.25) is 5.91 Å². The number of benzene rings is 1. The number of para-hydroxylation sites is 1. The second-order valence-electron chi connectivity index (χ2n) is 8.77. The average Bonchev–Trinajstić information content (AvgIpc) is 3.45. The Hall–Kier alpha value is -2.81. The number of ether oxygens (including phenoxy) is 1. The predicted molar refractivity (Wildman–Crippen MR) is 127 cm³/mol. The van der Waals surface area contributed by atoms with E-state index in [1.807, 2.05) is 37.1 Å². The van der Waals surface area contributed by atoms with Crippen molar-refractivity contribution in [2.75, 3.05) is 19.7 Å². The molecule has 0 bridgehead atoms. The van der Waals surface area contributed by atoms with Crippen LogP contribution in [0.15, 0.2) is 35.6 Å². The number of H-pyrrole nitrogens is 1. The van der Waals surface area contributed by atoms with E-state index in [-0.39, 0.29) is 23.0 Å². The molecule has 9 heteroatoms. The van der Waals surface area contributed by atoms with Gasteiger partial charge in [0.15, 0.2) is 11.0 Å². The molecule has 0 spiro atoms. The van der Waals surface area contributed by atoms with E-state index in [2.05, 4.69) is 31.9 Å². The van der Waals surface area contributed by atoms with E-state index in [0.29, 0.717) is 38.6 Å². The Morgan fingerprint density at radius 2 is 1.94 bits per heavy atom. The van der Waals surface area contributed by atoms with Crippen LogP contribution in [-0.2, 0) is 14.3 Å². The van der Waals surface area contributed by atoms with Crippen LogP contribution in [0.25, 0.3) is 22.3 Å². The van der Waals surface area contributed by atoms with Gasteiger partial charge in [-0.15, -0.1) is 10.2 Å². The number of piperidine rings is 1. The quantitative estimate of drug-likeness (QED) is 0.416. The van der Waals surface area contributed by atoms with E-state index in [1.165, 1.54) is 11.8 Å². The number of carbonyl (C=O) groups excluding carboxylic acids is 2. The van der Waals surface area contributed by atoms with Crippen LogP contribution in [0.4, 0.5) is 0 Å². The van der Waals surface area contributed by atoms with Crippen molar-refractivity contribution < 1.29 is 14.3 Å². The topological polar surface area (TPSA) is 93.1 Å². The lowest BCUT2D eigenvalue weighted by atomic mass is 9.97. The minimum Gasteiger partial charge on any atom is -0.466 e. The summed E-state index contributed by atoms with van der Waals surface area (Å²) in [5.41, 5.74) is 2.11. The zero-order chi connectivity index (χ0) is 22.9. The van der Waals surface area contributed by atoms with E-state index in [1.54, 1.807) is 0 Å². The molecule has 2 aromatic heterocycles. The molecule has 1 saturated carbocycles. The van der Waals surface area contributed by atoms with E-state index < -0.39 is 0 Å². The van der Waals surface area contributed by atoms with Crippen LogP contribution in [0.1, 0.15) is 45.6 Å². The van der Waals surface area contributed by atoms with Crippen molar-refractivity contribution in [1.29, 1.82) is 0 Å². The van der Waals surface area contributed by atoms with Gasteiger partial charge in [0, 0.05) is 41.8 Å². The molecule has 2 fully saturated rings. The van der Waals surface area contributed by atoms with Gasteiger partial charge in [0.05, 0.1) is 17.8 Å². The summed E-state index contributed by atoms with van der Waals surface area (Å²) in [6, 6.07) is 8.57. The molecular formula is C24H29N5O3S. The number of carbonyl (C=O) groups is 2. The Bertz CT molecular complexity index is 1160. The Balaban J connectivity index is 1.30. The van der Waals surface area contributed by atoms with Crippen molar-refractivity contribution in [2.45, 2.75) is 56.0 Å². The van der Waals surface area contributed by atoms with Crippen LogP contribution in [0.3, 0.4) is 0 Å². The van der Waals surface area contributed by atoms with Gasteiger partial charge in [-0.3, -0.25) is 14.2 Å². The number of nitrogens with one attached hydrogen (secondary N) is 1. The fourth-order valence-electron chi connectivity index (χ4n) is 4.52. The number of likely N-dealkylation sites (tertiary alicyclic amines) is 1. The predicted octanol–water partition coefficient (Wildman–Crippen LogP) is 4.04. The molecule has 0 unspecified atom stereocenters. The number of hydrogen-bond acceptors (Lipinski definition) is 6. The maximum atomic E-state index is 13.1. The van der Waals surface area contributed by atoms with Gasteiger partial charge >= 0.3 is 5.97 Å². The van der Waals surface area contributed by atoms with Crippen LogP contribution in [0.2, 0.25) is 0 Å². The third-order valence-electron chi connectivity index (χ3n) is 6.46. The van der Waals surface area contributed by atoms with E-state index in [4.69, 9.17) is 4.74 Å². The van der Waals surface area contributed by atoms with Gasteiger partial charge in [-0.05, 0) is 45.6 Å². The average molecular weight is 468 g/mol. The van der Waals surface area contributed by atoms with Crippen molar-refractivity contribution in [2.24, 2.45) is 5.92 Å². The van der Waals surface area contributed by atoms with Gasteiger partial charge in [0.1, 0.15) is 0 Å². The highest BCUT2D eigenvalue weighted by atomic mass is 32.2. The minimum atomic E-state index is -0.276. The lowest BCUT2D eigenvalue weighted by molar-refractivity contribution is -0.151. The summed E-state index contributed by atoms with van der Waals surface area (Å²) in [5, 5.41) is 10.7. The fourth-order valence-corrected chi connectivity index (χ4v) is 5.52. The second kappa shape index (κ2) is 9.21. The highest BCUT2D eigenvalue weighted by Gasteiger charge is 2.34. The normalized spacial score (nSPS) is 17.9. The standard InChI is InChI=1S/C24H29N5O3S/c1-3-32-23(31)16-10-12-28(13-11-16)22(30)15(2)33-24-27-26-21(29(24)17-8-9-17)19-14-25-20-7-5-4-6-18(19)20/h4-7,14-17,25H,3,8-13H2,1-2H3/t15-/m0/s1. The summed E-state index contributed by atoms with van der Waals surface area (Å²) in [4.78, 5) is 30.3. The molecule has 1 saturated heterocycles. The fraction of sp³-hybridized carbons (Fsp3) is 0.500. The first-order valence-electron chi connectivity index (χ1n) is 11.7. The SMILES string of the molecule is CCOC(=O)C1CCN(C(=O)[C@H](C)Sc2nnc(-c3c[nH]c4ccccc34)n2C2CC2)CC1. The molecule has 0 radical (unpaired) electrons. The molecule has 33 heavy (non-hydrogen) atoms. The molecule has 1 atom stereocenters. The summed E-state index contributed by atoms with van der Waals surface area (Å²) < 4.78 is 7.34. The Morgan fingerprint density at radius 1 is 1.18 bits per heavy atom. The zero-order valence-corrected chi connectivity index (χ0v) is 19.8. The smallest absolute Gasteiger partial charge is 0.309 e. The first kappa shape index (κ1) is 22.0. The van der Waals surface area contributed by atoms with Crippen molar-refractivity contribution in [3.8, 4) is 11.4 Å². The number of aromatic amines is 1. The maximum Gasteiger partial charge on any atom is 0.309 e. The van der Waals surface area contributed by atoms with Crippen LogP contribution in [0, 0.1) is 5.92 Å². The molecule has 1 aromatic carbocycles. The largest absolute Gasteiger partial charge is 0.466 e. The number of hydrogen-bond donors (Lipinski definition) is 1. The Morgan fingerprint density at radius 3 is 2.67 bits per heavy atom. The van der Waals surface area contributed by atoms with Gasteiger partial charge in [-0.25, -0.2) is 0 Å². The van der Waals surface area contributed by atoms with E-state index in [0.717, 1.165) is 40.3 Å². The third kappa shape index (κ3) is 4.38. The highest BCUT2D eigenvalue weighted by Crippen LogP contribution is 2.43. The summed E-state index contributed by atoms with van der Waals surface area (Å²) >= 11 is 1.48. The third-order valence-corrected chi connectivity index (χ3v) is 7.51. The minimum absolute atomic E-state index is 0.0845. The maximum absolute atomic E-state index is 13.1. The monoisotopic (exact) mass is 467 g/mol. The summed E-state index contributed by atoms with van der Waals surface area (Å²) in [7, 11) is 0. The van der Waals surface area contributed by atoms with Crippen molar-refractivity contribution in [3.05, 3.63) is 30.5 Å². The van der Waals surface area contributed by atoms with Crippen LogP contribution < -0.4 is 0 Å². The van der Waals surface area contributed by atoms with Gasteiger partial charge < -0.3 is 14.6 Å². The summed E-state index contributed by atoms with van der Waals surface area (Å²) in [6.45, 7) is 5.32. The summed E-state index contributed by atoms with van der Waals surface area (Å²) in [6.07, 6.45) is 5.51. The van der Waals surface area contributed by atoms with Crippen molar-refractivity contribution in [1.82, 2.24) is 24.6 Å². The van der Waals surface area contributed by atoms with Crippen LogP contribution >= 0.6 is 11.8 Å². The molecule has 174 valence electrons. The molecule has 2 aliphatic rings. The number of rotatable bonds is 7. The van der Waals surface area contributed by atoms with Crippen molar-refractivity contribution in [3.63, 3.8) is 0 Å². The van der Waals surface area contributed by atoms with Gasteiger partial charge in [0.25, 0.3) is 0 Å². The van der Waals surface area contributed by atoms with Gasteiger partial charge in [-0.1, -0.05) is 30.0 Å². The van der Waals surface area contributed by atoms with E-state index >= 15 is 0 Å². The number of esters is 1. The summed E-state index contributed by atoms with van der Waals surface area (Å²) in [5.74, 6) is 0.691. The molecule has 1 amide bonds. The first-order chi connectivity index (χ1) is 16.1.